The number of carbonyl (C=O) groups excluding carboxylic acids is 1. The lowest BCUT2D eigenvalue weighted by atomic mass is 10.0. The molecule has 0 saturated carbocycles. The average molecular weight is 373 g/mol. The lowest BCUT2D eigenvalue weighted by Gasteiger charge is -2.18. The Labute approximate surface area is 162 Å². The maximum absolute atomic E-state index is 12.9. The van der Waals surface area contributed by atoms with E-state index in [0.717, 1.165) is 16.1 Å². The summed E-state index contributed by atoms with van der Waals surface area (Å²) in [4.78, 5) is 14.0. The molecule has 0 saturated heterocycles. The summed E-state index contributed by atoms with van der Waals surface area (Å²) in [6.07, 6.45) is 3.36. The summed E-state index contributed by atoms with van der Waals surface area (Å²) in [5, 5.41) is 9.50. The normalized spacial score (nSPS) is 11.9. The number of hydrogen-bond acceptors (Lipinski definition) is 3. The monoisotopic (exact) mass is 373 g/mol. The van der Waals surface area contributed by atoms with Gasteiger partial charge in [0.25, 0.3) is 5.91 Å². The Morgan fingerprint density at radius 2 is 1.81 bits per heavy atom. The number of aryl methyl sites for hydroxylation is 1. The Morgan fingerprint density at radius 3 is 2.52 bits per heavy atom. The van der Waals surface area contributed by atoms with Gasteiger partial charge in [0.2, 0.25) is 0 Å². The van der Waals surface area contributed by atoms with Crippen LogP contribution in [0.15, 0.2) is 84.5 Å². The highest BCUT2D eigenvalue weighted by molar-refractivity contribution is 7.10. The molecule has 0 aliphatic heterocycles. The van der Waals surface area contributed by atoms with Crippen molar-refractivity contribution in [1.82, 2.24) is 15.1 Å². The van der Waals surface area contributed by atoms with Gasteiger partial charge in [-0.2, -0.15) is 5.10 Å². The zero-order valence-electron chi connectivity index (χ0n) is 14.9. The summed E-state index contributed by atoms with van der Waals surface area (Å²) >= 11 is 1.63. The van der Waals surface area contributed by atoms with Crippen LogP contribution in [0.2, 0.25) is 0 Å². The number of hydrogen-bond donors (Lipinski definition) is 1. The van der Waals surface area contributed by atoms with E-state index in [1.165, 1.54) is 5.56 Å². The number of thiophene rings is 1. The molecule has 4 rings (SSSR count). The lowest BCUT2D eigenvalue weighted by molar-refractivity contribution is 0.0943. The summed E-state index contributed by atoms with van der Waals surface area (Å²) in [6, 6.07) is 21.9. The van der Waals surface area contributed by atoms with Crippen molar-refractivity contribution in [2.24, 2.45) is 0 Å². The molecule has 134 valence electrons. The van der Waals surface area contributed by atoms with E-state index in [4.69, 9.17) is 0 Å². The van der Waals surface area contributed by atoms with Gasteiger partial charge in [-0.25, -0.2) is 4.68 Å². The van der Waals surface area contributed by atoms with Crippen LogP contribution in [-0.2, 0) is 0 Å². The van der Waals surface area contributed by atoms with Crippen LogP contribution in [0.25, 0.3) is 5.69 Å². The number of rotatable bonds is 5. The third-order valence-corrected chi connectivity index (χ3v) is 5.32. The number of aromatic nitrogens is 2. The Morgan fingerprint density at radius 1 is 1.04 bits per heavy atom. The highest BCUT2D eigenvalue weighted by Crippen LogP contribution is 2.26. The van der Waals surface area contributed by atoms with Crippen molar-refractivity contribution in [3.63, 3.8) is 0 Å². The lowest BCUT2D eigenvalue weighted by Crippen LogP contribution is -2.28. The molecule has 0 aliphatic rings. The molecule has 0 radical (unpaired) electrons. The van der Waals surface area contributed by atoms with Crippen molar-refractivity contribution in [2.75, 3.05) is 0 Å². The molecule has 4 aromatic rings. The summed E-state index contributed by atoms with van der Waals surface area (Å²) in [5.41, 5.74) is 3.71. The van der Waals surface area contributed by atoms with Crippen molar-refractivity contribution >= 4 is 17.2 Å². The van der Waals surface area contributed by atoms with Crippen molar-refractivity contribution in [3.05, 3.63) is 106 Å². The maximum Gasteiger partial charge on any atom is 0.255 e. The number of nitrogens with one attached hydrogen (secondary N) is 1. The first-order chi connectivity index (χ1) is 13.2. The number of amides is 1. The van der Waals surface area contributed by atoms with Gasteiger partial charge < -0.3 is 5.32 Å². The smallest absolute Gasteiger partial charge is 0.255 e. The molecule has 2 heterocycles. The third kappa shape index (κ3) is 3.83. The zero-order valence-corrected chi connectivity index (χ0v) is 15.7. The van der Waals surface area contributed by atoms with Gasteiger partial charge in [0.1, 0.15) is 0 Å². The minimum absolute atomic E-state index is 0.142. The van der Waals surface area contributed by atoms with Crippen LogP contribution in [0.1, 0.15) is 32.4 Å². The van der Waals surface area contributed by atoms with Gasteiger partial charge in [-0.15, -0.1) is 11.3 Å². The van der Waals surface area contributed by atoms with Crippen LogP contribution in [0, 0.1) is 6.92 Å². The topological polar surface area (TPSA) is 46.9 Å². The van der Waals surface area contributed by atoms with Gasteiger partial charge in [-0.05, 0) is 36.1 Å². The van der Waals surface area contributed by atoms with Crippen LogP contribution in [0.3, 0.4) is 0 Å². The van der Waals surface area contributed by atoms with Crippen molar-refractivity contribution in [2.45, 2.75) is 13.0 Å². The van der Waals surface area contributed by atoms with E-state index in [1.54, 1.807) is 28.4 Å². The van der Waals surface area contributed by atoms with Gasteiger partial charge in [-0.1, -0.05) is 54.1 Å². The SMILES string of the molecule is Cc1ccc([C@@H](NC(=O)c2cnn(-c3ccccc3)c2)c2cccs2)cc1. The van der Waals surface area contributed by atoms with Crippen molar-refractivity contribution in [3.8, 4) is 5.69 Å². The second-order valence-corrected chi connectivity index (χ2v) is 7.32. The Bertz CT molecular complexity index is 1020. The van der Waals surface area contributed by atoms with E-state index in [2.05, 4.69) is 41.6 Å². The Kier molecular flexibility index (Phi) is 4.85. The van der Waals surface area contributed by atoms with E-state index in [-0.39, 0.29) is 11.9 Å². The van der Waals surface area contributed by atoms with E-state index < -0.39 is 0 Å². The first-order valence-electron chi connectivity index (χ1n) is 8.71. The quantitative estimate of drug-likeness (QED) is 0.548. The molecule has 0 unspecified atom stereocenters. The first kappa shape index (κ1) is 17.2. The summed E-state index contributed by atoms with van der Waals surface area (Å²) in [7, 11) is 0. The van der Waals surface area contributed by atoms with Gasteiger partial charge in [-0.3, -0.25) is 4.79 Å². The van der Waals surface area contributed by atoms with Crippen LogP contribution in [-0.4, -0.2) is 15.7 Å². The first-order valence-corrected chi connectivity index (χ1v) is 9.59. The maximum atomic E-state index is 12.9. The van der Waals surface area contributed by atoms with Crippen molar-refractivity contribution in [1.29, 1.82) is 0 Å². The van der Waals surface area contributed by atoms with Crippen LogP contribution >= 0.6 is 11.3 Å². The largest absolute Gasteiger partial charge is 0.340 e. The molecule has 0 fully saturated rings. The van der Waals surface area contributed by atoms with E-state index in [9.17, 15) is 4.79 Å². The predicted octanol–water partition coefficient (Wildman–Crippen LogP) is 4.76. The second kappa shape index (κ2) is 7.60. The van der Waals surface area contributed by atoms with Gasteiger partial charge in [0.15, 0.2) is 0 Å². The molecular weight excluding hydrogens is 354 g/mol. The third-order valence-electron chi connectivity index (χ3n) is 4.38. The van der Waals surface area contributed by atoms with Crippen molar-refractivity contribution < 1.29 is 4.79 Å². The molecule has 5 heteroatoms. The molecule has 1 N–H and O–H groups in total. The van der Waals surface area contributed by atoms with E-state index >= 15 is 0 Å². The Hall–Kier alpha value is -3.18. The molecule has 0 spiro atoms. The second-order valence-electron chi connectivity index (χ2n) is 6.34. The molecule has 2 aromatic heterocycles. The fourth-order valence-corrected chi connectivity index (χ4v) is 3.71. The number of benzene rings is 2. The zero-order chi connectivity index (χ0) is 18.6. The fourth-order valence-electron chi connectivity index (χ4n) is 2.91. The molecule has 0 bridgehead atoms. The fraction of sp³-hybridized carbons (Fsp3) is 0.0909. The molecule has 27 heavy (non-hydrogen) atoms. The Balaban J connectivity index is 1.59. The molecule has 2 aromatic carbocycles. The predicted molar refractivity (Wildman–Crippen MR) is 108 cm³/mol. The summed E-state index contributed by atoms with van der Waals surface area (Å²) in [6.45, 7) is 2.06. The van der Waals surface area contributed by atoms with E-state index in [1.807, 2.05) is 47.8 Å². The molecule has 4 nitrogen and oxygen atoms in total. The molecule has 1 amide bonds. The summed E-state index contributed by atoms with van der Waals surface area (Å²) in [5.74, 6) is -0.142. The molecular formula is C22H19N3OS. The highest BCUT2D eigenvalue weighted by Gasteiger charge is 2.19. The summed E-state index contributed by atoms with van der Waals surface area (Å²) < 4.78 is 1.71. The van der Waals surface area contributed by atoms with Crippen LogP contribution < -0.4 is 5.32 Å². The standard InChI is InChI=1S/C22H19N3OS/c1-16-9-11-17(12-10-16)21(20-8-5-13-27-20)24-22(26)18-14-23-25(15-18)19-6-3-2-4-7-19/h2-15,21H,1H3,(H,24,26)/t21-/m1/s1. The number of para-hydroxylation sites is 1. The molecule has 1 atom stereocenters. The number of carbonyl (C=O) groups is 1. The van der Waals surface area contributed by atoms with Gasteiger partial charge >= 0.3 is 0 Å². The minimum atomic E-state index is -0.182. The van der Waals surface area contributed by atoms with E-state index in [0.29, 0.717) is 5.56 Å². The van der Waals surface area contributed by atoms with Crippen LogP contribution in [0.4, 0.5) is 0 Å². The van der Waals surface area contributed by atoms with Gasteiger partial charge in [0.05, 0.1) is 23.5 Å². The average Bonchev–Trinajstić information content (AvgIpc) is 3.40. The van der Waals surface area contributed by atoms with Crippen LogP contribution in [0.5, 0.6) is 0 Å². The van der Waals surface area contributed by atoms with Gasteiger partial charge in [0, 0.05) is 11.1 Å². The highest BCUT2D eigenvalue weighted by atomic mass is 32.1. The number of nitrogens with zero attached hydrogens (tertiary/aromatic N) is 2. The minimum Gasteiger partial charge on any atom is -0.340 e. The molecule has 0 aliphatic carbocycles.